The highest BCUT2D eigenvalue weighted by molar-refractivity contribution is 5.56. The summed E-state index contributed by atoms with van der Waals surface area (Å²) in [5, 5.41) is 12.3. The Morgan fingerprint density at radius 3 is 1.68 bits per heavy atom. The first-order valence-electron chi connectivity index (χ1n) is 9.82. The Kier molecular flexibility index (Phi) is 4.78. The summed E-state index contributed by atoms with van der Waals surface area (Å²) in [6.07, 6.45) is 2.26. The molecule has 0 amide bonds. The van der Waals surface area contributed by atoms with Gasteiger partial charge in [-0.3, -0.25) is 0 Å². The number of rotatable bonds is 4. The van der Waals surface area contributed by atoms with Gasteiger partial charge >= 0.3 is 0 Å². The summed E-state index contributed by atoms with van der Waals surface area (Å²) in [5.74, 6) is 0.204. The summed E-state index contributed by atoms with van der Waals surface area (Å²) >= 11 is 0. The number of hydrogen-bond donors (Lipinski definition) is 1. The minimum atomic E-state index is -1.21. The van der Waals surface area contributed by atoms with Crippen molar-refractivity contribution in [3.8, 4) is 0 Å². The summed E-state index contributed by atoms with van der Waals surface area (Å²) in [6.45, 7) is 6.56. The van der Waals surface area contributed by atoms with Crippen LogP contribution in [0.3, 0.4) is 0 Å². The van der Waals surface area contributed by atoms with Gasteiger partial charge in [-0.1, -0.05) is 108 Å². The van der Waals surface area contributed by atoms with Crippen molar-refractivity contribution >= 4 is 0 Å². The molecule has 0 spiro atoms. The smallest absolute Gasteiger partial charge is 0.140 e. The second-order valence-corrected chi connectivity index (χ2v) is 7.72. The molecular weight excluding hydrogens is 340 g/mol. The van der Waals surface area contributed by atoms with E-state index in [2.05, 4.69) is 45.0 Å². The van der Waals surface area contributed by atoms with Gasteiger partial charge in [0, 0.05) is 5.92 Å². The largest absolute Gasteiger partial charge is 0.376 e. The molecule has 3 aromatic carbocycles. The predicted molar refractivity (Wildman–Crippen MR) is 116 cm³/mol. The monoisotopic (exact) mass is 366 g/mol. The molecule has 1 nitrogen and oxygen atoms in total. The van der Waals surface area contributed by atoms with E-state index < -0.39 is 5.60 Å². The highest BCUT2D eigenvalue weighted by Gasteiger charge is 2.37. The van der Waals surface area contributed by atoms with Crippen LogP contribution in [0.2, 0.25) is 0 Å². The Bertz CT molecular complexity index is 1000. The summed E-state index contributed by atoms with van der Waals surface area (Å²) in [4.78, 5) is 0. The molecule has 1 aliphatic rings. The molecule has 0 aliphatic heterocycles. The molecule has 1 atom stereocenters. The van der Waals surface area contributed by atoms with Crippen molar-refractivity contribution in [2.45, 2.75) is 32.3 Å². The molecule has 1 N–H and O–H groups in total. The molecular formula is C27H26O. The predicted octanol–water partition coefficient (Wildman–Crippen LogP) is 6.35. The fraction of sp³-hybridized carbons (Fsp3) is 0.185. The van der Waals surface area contributed by atoms with Crippen molar-refractivity contribution in [2.24, 2.45) is 0 Å². The summed E-state index contributed by atoms with van der Waals surface area (Å²) < 4.78 is 0. The van der Waals surface area contributed by atoms with E-state index >= 15 is 0 Å². The quantitative estimate of drug-likeness (QED) is 0.533. The fourth-order valence-electron chi connectivity index (χ4n) is 4.50. The fourth-order valence-corrected chi connectivity index (χ4v) is 4.50. The third-order valence-electron chi connectivity index (χ3n) is 6.00. The van der Waals surface area contributed by atoms with E-state index in [-0.39, 0.29) is 5.92 Å². The molecule has 0 radical (unpaired) electrons. The average Bonchev–Trinajstić information content (AvgIpc) is 3.00. The lowest BCUT2D eigenvalue weighted by Crippen LogP contribution is -2.30. The number of allylic oxidation sites excluding steroid dienone is 4. The third-order valence-corrected chi connectivity index (χ3v) is 6.00. The van der Waals surface area contributed by atoms with Gasteiger partial charge in [-0.15, -0.1) is 0 Å². The van der Waals surface area contributed by atoms with Gasteiger partial charge in [-0.25, -0.2) is 0 Å². The van der Waals surface area contributed by atoms with Crippen LogP contribution in [-0.4, -0.2) is 5.11 Å². The first-order chi connectivity index (χ1) is 13.5. The van der Waals surface area contributed by atoms with Gasteiger partial charge in [0.1, 0.15) is 5.60 Å². The van der Waals surface area contributed by atoms with E-state index in [1.54, 1.807) is 0 Å². The molecule has 1 heteroatoms. The summed E-state index contributed by atoms with van der Waals surface area (Å²) in [7, 11) is 0. The van der Waals surface area contributed by atoms with Crippen molar-refractivity contribution in [3.05, 3.63) is 130 Å². The molecule has 0 saturated carbocycles. The summed E-state index contributed by atoms with van der Waals surface area (Å²) in [6, 6.07) is 28.3. The van der Waals surface area contributed by atoms with E-state index in [1.807, 2.05) is 66.7 Å². The second-order valence-electron chi connectivity index (χ2n) is 7.72. The van der Waals surface area contributed by atoms with Gasteiger partial charge < -0.3 is 5.11 Å². The van der Waals surface area contributed by atoms with Crippen LogP contribution in [0.1, 0.15) is 48.9 Å². The van der Waals surface area contributed by atoms with E-state index in [0.717, 1.165) is 16.7 Å². The first kappa shape index (κ1) is 18.5. The second kappa shape index (κ2) is 7.26. The van der Waals surface area contributed by atoms with Crippen molar-refractivity contribution < 1.29 is 5.11 Å². The van der Waals surface area contributed by atoms with Gasteiger partial charge in [0.2, 0.25) is 0 Å². The molecule has 0 bridgehead atoms. The topological polar surface area (TPSA) is 20.2 Å². The van der Waals surface area contributed by atoms with Gasteiger partial charge in [0.05, 0.1) is 0 Å². The lowest BCUT2D eigenvalue weighted by atomic mass is 9.74. The van der Waals surface area contributed by atoms with Crippen molar-refractivity contribution in [3.63, 3.8) is 0 Å². The van der Waals surface area contributed by atoms with Crippen LogP contribution in [0.4, 0.5) is 0 Å². The van der Waals surface area contributed by atoms with Crippen molar-refractivity contribution in [1.29, 1.82) is 0 Å². The number of hydrogen-bond acceptors (Lipinski definition) is 1. The molecule has 0 saturated heterocycles. The first-order valence-corrected chi connectivity index (χ1v) is 9.82. The zero-order valence-corrected chi connectivity index (χ0v) is 16.7. The maximum Gasteiger partial charge on any atom is 0.140 e. The Hall–Kier alpha value is -2.90. The van der Waals surface area contributed by atoms with Crippen molar-refractivity contribution in [1.82, 2.24) is 0 Å². The van der Waals surface area contributed by atoms with Crippen LogP contribution < -0.4 is 0 Å². The van der Waals surface area contributed by atoms with Gasteiger partial charge in [0.25, 0.3) is 0 Å². The minimum Gasteiger partial charge on any atom is -0.376 e. The van der Waals surface area contributed by atoms with E-state index in [9.17, 15) is 5.11 Å². The minimum absolute atomic E-state index is 0.204. The highest BCUT2D eigenvalue weighted by Crippen LogP contribution is 2.46. The van der Waals surface area contributed by atoms with E-state index in [1.165, 1.54) is 22.3 Å². The zero-order valence-electron chi connectivity index (χ0n) is 16.7. The maximum absolute atomic E-state index is 12.3. The van der Waals surface area contributed by atoms with Crippen molar-refractivity contribution in [2.75, 3.05) is 0 Å². The molecule has 0 heterocycles. The lowest BCUT2D eigenvalue weighted by Gasteiger charge is -2.34. The SMILES string of the molecule is CC1=CC(C)=C(C)C1c1ccccc1C(O)(c1ccccc1)c1ccccc1. The van der Waals surface area contributed by atoms with Crippen LogP contribution in [0, 0.1) is 0 Å². The number of aliphatic hydroxyl groups is 1. The maximum atomic E-state index is 12.3. The molecule has 28 heavy (non-hydrogen) atoms. The Balaban J connectivity index is 1.99. The molecule has 4 rings (SSSR count). The molecule has 0 fully saturated rings. The lowest BCUT2D eigenvalue weighted by molar-refractivity contribution is 0.124. The zero-order chi connectivity index (χ0) is 19.7. The van der Waals surface area contributed by atoms with Gasteiger partial charge in [0.15, 0.2) is 0 Å². The Morgan fingerprint density at radius 1 is 0.679 bits per heavy atom. The van der Waals surface area contributed by atoms with Crippen LogP contribution in [0.25, 0.3) is 0 Å². The van der Waals surface area contributed by atoms with E-state index in [0.29, 0.717) is 0 Å². The molecule has 3 aromatic rings. The van der Waals surface area contributed by atoms with Gasteiger partial charge in [-0.05, 0) is 43.0 Å². The Labute approximate surface area is 167 Å². The average molecular weight is 367 g/mol. The van der Waals surface area contributed by atoms with Crippen LogP contribution >= 0.6 is 0 Å². The highest BCUT2D eigenvalue weighted by atomic mass is 16.3. The standard InChI is InChI=1S/C27H26O/c1-19-18-20(2)26(21(19)3)24-16-10-11-17-25(24)27(28,22-12-6-4-7-13-22)23-14-8-5-9-15-23/h4-18,26,28H,1-3H3. The number of benzene rings is 3. The molecule has 1 aliphatic carbocycles. The summed E-state index contributed by atoms with van der Waals surface area (Å²) in [5.41, 5.74) is 6.66. The third kappa shape index (κ3) is 2.93. The normalized spacial score (nSPS) is 17.0. The molecule has 0 aromatic heterocycles. The molecule has 140 valence electrons. The van der Waals surface area contributed by atoms with E-state index in [4.69, 9.17) is 0 Å². The Morgan fingerprint density at radius 2 is 1.18 bits per heavy atom. The van der Waals surface area contributed by atoms with Crippen LogP contribution in [0.15, 0.2) is 108 Å². The van der Waals surface area contributed by atoms with Crippen LogP contribution in [0.5, 0.6) is 0 Å². The molecule has 1 unspecified atom stereocenters. The van der Waals surface area contributed by atoms with Crippen LogP contribution in [-0.2, 0) is 5.60 Å². The van der Waals surface area contributed by atoms with Gasteiger partial charge in [-0.2, -0.15) is 0 Å².